The summed E-state index contributed by atoms with van der Waals surface area (Å²) in [5.74, 6) is -1.16. The van der Waals surface area contributed by atoms with Crippen LogP contribution in [0.5, 0.6) is 0 Å². The maximum Gasteiger partial charge on any atom is 0.260 e. The first-order chi connectivity index (χ1) is 11.0. The van der Waals surface area contributed by atoms with E-state index in [4.69, 9.17) is 9.16 Å². The Morgan fingerprint density at radius 1 is 1.33 bits per heavy atom. The molecular weight excluding hydrogens is 318 g/mol. The van der Waals surface area contributed by atoms with Gasteiger partial charge in [0.2, 0.25) is 5.91 Å². The second kappa shape index (κ2) is 6.46. The summed E-state index contributed by atoms with van der Waals surface area (Å²) in [5.41, 5.74) is 0.846. The third-order valence-corrected chi connectivity index (χ3v) is 9.48. The van der Waals surface area contributed by atoms with Gasteiger partial charge >= 0.3 is 0 Å². The SMILES string of the molecule is C=CCN1C(=O)[C@H](c2ccccc2)O[C@@]1(C)O[Si](C)(C)C(C)(C)C. The molecule has 1 aliphatic rings. The largest absolute Gasteiger partial charge is 0.374 e. The van der Waals surface area contributed by atoms with E-state index in [2.05, 4.69) is 40.4 Å². The molecule has 0 spiro atoms. The summed E-state index contributed by atoms with van der Waals surface area (Å²) in [6.07, 6.45) is 1.07. The Morgan fingerprint density at radius 3 is 2.42 bits per heavy atom. The lowest BCUT2D eigenvalue weighted by Gasteiger charge is -2.44. The summed E-state index contributed by atoms with van der Waals surface area (Å²) in [7, 11) is -2.13. The highest BCUT2D eigenvalue weighted by Gasteiger charge is 2.54. The first-order valence-electron chi connectivity index (χ1n) is 8.37. The molecule has 0 bridgehead atoms. The van der Waals surface area contributed by atoms with Crippen molar-refractivity contribution in [3.8, 4) is 0 Å². The zero-order chi connectivity index (χ0) is 18.2. The molecule has 2 rings (SSSR count). The number of hydrogen-bond acceptors (Lipinski definition) is 3. The number of benzene rings is 1. The van der Waals surface area contributed by atoms with Crippen LogP contribution in [0.3, 0.4) is 0 Å². The number of carbonyl (C=O) groups excluding carboxylic acids is 1. The average molecular weight is 348 g/mol. The number of rotatable bonds is 5. The highest BCUT2D eigenvalue weighted by Crippen LogP contribution is 2.44. The molecule has 1 amide bonds. The Labute approximate surface area is 146 Å². The maximum atomic E-state index is 12.9. The number of carbonyl (C=O) groups is 1. The van der Waals surface area contributed by atoms with E-state index in [9.17, 15) is 4.79 Å². The minimum absolute atomic E-state index is 0.0209. The van der Waals surface area contributed by atoms with E-state index in [1.54, 1.807) is 11.0 Å². The molecular formula is C19H29NO3Si. The molecule has 5 heteroatoms. The Morgan fingerprint density at radius 2 is 1.92 bits per heavy atom. The Kier molecular flexibility index (Phi) is 5.09. The van der Waals surface area contributed by atoms with Gasteiger partial charge in [-0.15, -0.1) is 6.58 Å². The number of nitrogens with zero attached hydrogens (tertiary/aromatic N) is 1. The van der Waals surface area contributed by atoms with Gasteiger partial charge in [-0.1, -0.05) is 57.2 Å². The van der Waals surface area contributed by atoms with E-state index >= 15 is 0 Å². The maximum absolute atomic E-state index is 12.9. The molecule has 1 aromatic carbocycles. The van der Waals surface area contributed by atoms with E-state index < -0.39 is 20.3 Å². The van der Waals surface area contributed by atoms with Crippen LogP contribution in [-0.4, -0.2) is 31.6 Å². The molecule has 24 heavy (non-hydrogen) atoms. The van der Waals surface area contributed by atoms with Gasteiger partial charge in [0.05, 0.1) is 0 Å². The molecule has 1 fully saturated rings. The zero-order valence-electron chi connectivity index (χ0n) is 15.6. The molecule has 0 radical (unpaired) electrons. The van der Waals surface area contributed by atoms with Gasteiger partial charge in [0, 0.05) is 13.5 Å². The van der Waals surface area contributed by atoms with E-state index in [-0.39, 0.29) is 10.9 Å². The summed E-state index contributed by atoms with van der Waals surface area (Å²) in [6.45, 7) is 16.9. The summed E-state index contributed by atoms with van der Waals surface area (Å²) in [4.78, 5) is 14.6. The van der Waals surface area contributed by atoms with Crippen LogP contribution in [-0.2, 0) is 14.0 Å². The van der Waals surface area contributed by atoms with Crippen molar-refractivity contribution in [2.24, 2.45) is 0 Å². The third-order valence-electron chi connectivity index (χ3n) is 4.98. The Hall–Kier alpha value is -1.43. The highest BCUT2D eigenvalue weighted by atomic mass is 28.4. The quantitative estimate of drug-likeness (QED) is 0.583. The van der Waals surface area contributed by atoms with Crippen molar-refractivity contribution in [1.29, 1.82) is 0 Å². The van der Waals surface area contributed by atoms with Gasteiger partial charge in [-0.05, 0) is 23.7 Å². The van der Waals surface area contributed by atoms with E-state index in [0.717, 1.165) is 5.56 Å². The summed E-state index contributed by atoms with van der Waals surface area (Å²) < 4.78 is 12.7. The van der Waals surface area contributed by atoms with Gasteiger partial charge in [-0.3, -0.25) is 9.69 Å². The molecule has 4 nitrogen and oxygen atoms in total. The van der Waals surface area contributed by atoms with Crippen LogP contribution in [0.1, 0.15) is 39.4 Å². The topological polar surface area (TPSA) is 38.8 Å². The van der Waals surface area contributed by atoms with Crippen molar-refractivity contribution in [3.63, 3.8) is 0 Å². The Bertz CT molecular complexity index is 609. The molecule has 0 N–H and O–H groups in total. The standard InChI is InChI=1S/C19H29NO3Si/c1-8-14-20-17(21)16(15-12-10-9-11-13-15)22-19(20,5)23-24(6,7)18(2,3)4/h8-13,16H,1,14H2,2-7H3/t16-,19-/m0/s1. The van der Waals surface area contributed by atoms with Crippen LogP contribution in [0.4, 0.5) is 0 Å². The summed E-state index contributed by atoms with van der Waals surface area (Å²) in [6, 6.07) is 9.57. The van der Waals surface area contributed by atoms with Gasteiger partial charge < -0.3 is 9.16 Å². The third kappa shape index (κ3) is 3.48. The van der Waals surface area contributed by atoms with E-state index in [1.807, 2.05) is 37.3 Å². The molecule has 1 aliphatic heterocycles. The first-order valence-corrected chi connectivity index (χ1v) is 11.3. The van der Waals surface area contributed by atoms with Crippen LogP contribution in [0.25, 0.3) is 0 Å². The van der Waals surface area contributed by atoms with Crippen molar-refractivity contribution in [2.75, 3.05) is 6.54 Å². The van der Waals surface area contributed by atoms with E-state index in [0.29, 0.717) is 6.54 Å². The fourth-order valence-corrected chi connectivity index (χ4v) is 4.01. The lowest BCUT2D eigenvalue weighted by Crippen LogP contribution is -2.55. The second-order valence-electron chi connectivity index (χ2n) is 7.91. The van der Waals surface area contributed by atoms with E-state index in [1.165, 1.54) is 0 Å². The lowest BCUT2D eigenvalue weighted by molar-refractivity contribution is -0.229. The van der Waals surface area contributed by atoms with Gasteiger partial charge in [0.1, 0.15) is 0 Å². The fourth-order valence-electron chi connectivity index (χ4n) is 2.60. The van der Waals surface area contributed by atoms with Gasteiger partial charge in [-0.2, -0.15) is 0 Å². The van der Waals surface area contributed by atoms with Gasteiger partial charge in [0.15, 0.2) is 14.4 Å². The van der Waals surface area contributed by atoms with Crippen LogP contribution in [0.15, 0.2) is 43.0 Å². The average Bonchev–Trinajstić information content (AvgIpc) is 2.71. The van der Waals surface area contributed by atoms with Crippen molar-refractivity contribution >= 4 is 14.2 Å². The minimum Gasteiger partial charge on any atom is -0.374 e. The number of amides is 1. The summed E-state index contributed by atoms with van der Waals surface area (Å²) in [5, 5.41) is 0.0209. The molecule has 0 aromatic heterocycles. The van der Waals surface area contributed by atoms with Crippen molar-refractivity contribution in [3.05, 3.63) is 48.6 Å². The Balaban J connectivity index is 2.36. The molecule has 1 saturated heterocycles. The molecule has 0 aliphatic carbocycles. The molecule has 2 atom stereocenters. The van der Waals surface area contributed by atoms with Gasteiger partial charge in [-0.25, -0.2) is 0 Å². The first kappa shape index (κ1) is 18.9. The predicted octanol–water partition coefficient (Wildman–Crippen LogP) is 4.47. The smallest absolute Gasteiger partial charge is 0.260 e. The monoisotopic (exact) mass is 347 g/mol. The van der Waals surface area contributed by atoms with Crippen LogP contribution >= 0.6 is 0 Å². The molecule has 0 unspecified atom stereocenters. The van der Waals surface area contributed by atoms with Crippen LogP contribution < -0.4 is 0 Å². The van der Waals surface area contributed by atoms with Crippen molar-refractivity contribution < 1.29 is 14.0 Å². The number of ether oxygens (including phenoxy) is 1. The second-order valence-corrected chi connectivity index (χ2v) is 12.6. The van der Waals surface area contributed by atoms with Crippen LogP contribution in [0, 0.1) is 0 Å². The molecule has 1 heterocycles. The predicted molar refractivity (Wildman–Crippen MR) is 98.9 cm³/mol. The normalized spacial score (nSPS) is 25.2. The van der Waals surface area contributed by atoms with Crippen molar-refractivity contribution in [1.82, 2.24) is 4.90 Å². The molecule has 1 aromatic rings. The zero-order valence-corrected chi connectivity index (χ0v) is 16.6. The van der Waals surface area contributed by atoms with Gasteiger partial charge in [0.25, 0.3) is 5.91 Å². The highest BCUT2D eigenvalue weighted by molar-refractivity contribution is 6.74. The van der Waals surface area contributed by atoms with Crippen molar-refractivity contribution in [2.45, 2.75) is 57.8 Å². The summed E-state index contributed by atoms with van der Waals surface area (Å²) >= 11 is 0. The lowest BCUT2D eigenvalue weighted by atomic mass is 10.1. The minimum atomic E-state index is -2.13. The van der Waals surface area contributed by atoms with Crippen LogP contribution in [0.2, 0.25) is 18.1 Å². The molecule has 0 saturated carbocycles. The fraction of sp³-hybridized carbons (Fsp3) is 0.526. The molecule has 132 valence electrons. The number of hydrogen-bond donors (Lipinski definition) is 0.